The summed E-state index contributed by atoms with van der Waals surface area (Å²) in [6.45, 7) is 0.930. The van der Waals surface area contributed by atoms with Crippen LogP contribution in [0.4, 0.5) is 5.69 Å². The summed E-state index contributed by atoms with van der Waals surface area (Å²) < 4.78 is 0. The molecule has 3 nitrogen and oxygen atoms in total. The molecule has 2 aromatic rings. The highest BCUT2D eigenvalue weighted by molar-refractivity contribution is 5.95. The Labute approximate surface area is 76.1 Å². The van der Waals surface area contributed by atoms with E-state index < -0.39 is 0 Å². The number of rotatable bonds is 0. The van der Waals surface area contributed by atoms with Gasteiger partial charge in [0.05, 0.1) is 5.69 Å². The number of anilines is 1. The van der Waals surface area contributed by atoms with Crippen LogP contribution >= 0.6 is 0 Å². The molecule has 1 aliphatic heterocycles. The molecular formula is C10H11N3. The van der Waals surface area contributed by atoms with Gasteiger partial charge in [0.1, 0.15) is 0 Å². The van der Waals surface area contributed by atoms with Gasteiger partial charge in [0.15, 0.2) is 0 Å². The maximum absolute atomic E-state index is 5.89. The highest BCUT2D eigenvalue weighted by Gasteiger charge is 2.18. The van der Waals surface area contributed by atoms with E-state index in [2.05, 4.69) is 23.2 Å². The van der Waals surface area contributed by atoms with Gasteiger partial charge in [-0.1, -0.05) is 6.07 Å². The van der Waals surface area contributed by atoms with Gasteiger partial charge in [0.2, 0.25) is 0 Å². The van der Waals surface area contributed by atoms with Gasteiger partial charge in [-0.05, 0) is 24.1 Å². The third kappa shape index (κ3) is 0.820. The summed E-state index contributed by atoms with van der Waals surface area (Å²) in [4.78, 5) is 3.19. The molecule has 0 amide bonds. The van der Waals surface area contributed by atoms with E-state index in [-0.39, 0.29) is 0 Å². The summed E-state index contributed by atoms with van der Waals surface area (Å²) in [6.07, 6.45) is 3.02. The molecule has 0 atom stereocenters. The number of nitrogens with two attached hydrogens (primary N) is 1. The quantitative estimate of drug-likeness (QED) is 0.591. The number of nitrogens with one attached hydrogen (secondary N) is 1. The van der Waals surface area contributed by atoms with Crippen LogP contribution in [0.2, 0.25) is 0 Å². The summed E-state index contributed by atoms with van der Waals surface area (Å²) in [5, 5.41) is 3.07. The lowest BCUT2D eigenvalue weighted by atomic mass is 10.1. The summed E-state index contributed by atoms with van der Waals surface area (Å²) in [6, 6.07) is 6.35. The summed E-state index contributed by atoms with van der Waals surface area (Å²) in [7, 11) is 0. The Bertz CT molecular complexity index is 458. The highest BCUT2D eigenvalue weighted by atomic mass is 15.4. The van der Waals surface area contributed by atoms with Gasteiger partial charge >= 0.3 is 0 Å². The van der Waals surface area contributed by atoms with E-state index >= 15 is 0 Å². The number of H-pyrrole nitrogens is 1. The van der Waals surface area contributed by atoms with Crippen LogP contribution < -0.4 is 10.9 Å². The van der Waals surface area contributed by atoms with E-state index in [1.807, 2.05) is 11.2 Å². The van der Waals surface area contributed by atoms with Crippen LogP contribution in [0.1, 0.15) is 5.56 Å². The maximum atomic E-state index is 5.89. The molecule has 3 heteroatoms. The number of nitrogens with zero attached hydrogens (tertiary/aromatic N) is 1. The Morgan fingerprint density at radius 1 is 1.31 bits per heavy atom. The average Bonchev–Trinajstić information content (AvgIpc) is 2.70. The van der Waals surface area contributed by atoms with E-state index in [0.29, 0.717) is 0 Å². The Morgan fingerprint density at radius 3 is 3.15 bits per heavy atom. The maximum Gasteiger partial charge on any atom is 0.0643 e. The minimum atomic E-state index is 0.930. The van der Waals surface area contributed by atoms with Crippen LogP contribution in [0.3, 0.4) is 0 Å². The van der Waals surface area contributed by atoms with Crippen molar-refractivity contribution in [2.45, 2.75) is 6.42 Å². The van der Waals surface area contributed by atoms with E-state index in [1.54, 1.807) is 0 Å². The molecule has 66 valence electrons. The van der Waals surface area contributed by atoms with Gasteiger partial charge in [-0.3, -0.25) is 0 Å². The van der Waals surface area contributed by atoms with Crippen LogP contribution in [0.15, 0.2) is 24.4 Å². The number of hydrogen-bond donors (Lipinski definition) is 2. The molecule has 3 N–H and O–H groups in total. The Kier molecular flexibility index (Phi) is 1.21. The molecule has 0 spiro atoms. The minimum absolute atomic E-state index is 0.930. The molecule has 0 saturated heterocycles. The molecular weight excluding hydrogens is 162 g/mol. The largest absolute Gasteiger partial charge is 0.361 e. The van der Waals surface area contributed by atoms with Crippen LogP contribution in [-0.2, 0) is 6.42 Å². The van der Waals surface area contributed by atoms with Crippen molar-refractivity contribution in [3.05, 3.63) is 30.0 Å². The van der Waals surface area contributed by atoms with Gasteiger partial charge in [0, 0.05) is 23.6 Å². The van der Waals surface area contributed by atoms with Crippen LogP contribution in [-0.4, -0.2) is 11.5 Å². The number of aromatic nitrogens is 1. The molecule has 1 aromatic heterocycles. The van der Waals surface area contributed by atoms with Crippen LogP contribution in [0.25, 0.3) is 10.9 Å². The normalized spacial score (nSPS) is 15.3. The molecule has 1 aromatic carbocycles. The third-order valence-corrected chi connectivity index (χ3v) is 2.70. The zero-order valence-corrected chi connectivity index (χ0v) is 7.25. The predicted molar refractivity (Wildman–Crippen MR) is 53.5 cm³/mol. The molecule has 2 heterocycles. The van der Waals surface area contributed by atoms with Crippen molar-refractivity contribution in [3.8, 4) is 0 Å². The van der Waals surface area contributed by atoms with Crippen molar-refractivity contribution in [1.82, 2.24) is 4.98 Å². The van der Waals surface area contributed by atoms with Crippen LogP contribution in [0.5, 0.6) is 0 Å². The molecule has 3 rings (SSSR count). The smallest absolute Gasteiger partial charge is 0.0643 e. The standard InChI is InChI=1S/C10H11N3/c11-13-6-4-7-1-2-9-8(10(7)13)3-5-12-9/h1-3,5,12H,4,6,11H2. The number of hydrogen-bond acceptors (Lipinski definition) is 2. The van der Waals surface area contributed by atoms with Gasteiger partial charge in [-0.2, -0.15) is 0 Å². The fraction of sp³-hybridized carbons (Fsp3) is 0.200. The first-order valence-corrected chi connectivity index (χ1v) is 4.47. The van der Waals surface area contributed by atoms with Crippen molar-refractivity contribution in [2.75, 3.05) is 11.6 Å². The lowest BCUT2D eigenvalue weighted by molar-refractivity contribution is 0.893. The Balaban J connectivity index is 2.42. The molecule has 0 bridgehead atoms. The molecule has 13 heavy (non-hydrogen) atoms. The summed E-state index contributed by atoms with van der Waals surface area (Å²) >= 11 is 0. The van der Waals surface area contributed by atoms with E-state index in [9.17, 15) is 0 Å². The lowest BCUT2D eigenvalue weighted by Crippen LogP contribution is -2.28. The van der Waals surface area contributed by atoms with Crippen molar-refractivity contribution in [3.63, 3.8) is 0 Å². The molecule has 0 saturated carbocycles. The molecule has 0 fully saturated rings. The summed E-state index contributed by atoms with van der Waals surface area (Å²) in [5.41, 5.74) is 3.71. The van der Waals surface area contributed by atoms with Crippen LogP contribution in [0, 0.1) is 0 Å². The average molecular weight is 173 g/mol. The van der Waals surface area contributed by atoms with Gasteiger partial charge in [-0.15, -0.1) is 0 Å². The fourth-order valence-corrected chi connectivity index (χ4v) is 2.06. The molecule has 0 radical (unpaired) electrons. The monoisotopic (exact) mass is 173 g/mol. The molecule has 0 aliphatic carbocycles. The first-order valence-electron chi connectivity index (χ1n) is 4.47. The second-order valence-electron chi connectivity index (χ2n) is 3.46. The number of hydrazine groups is 1. The van der Waals surface area contributed by atoms with Crippen molar-refractivity contribution < 1.29 is 0 Å². The Hall–Kier alpha value is -1.48. The second-order valence-corrected chi connectivity index (χ2v) is 3.46. The lowest BCUT2D eigenvalue weighted by Gasteiger charge is -2.12. The second kappa shape index (κ2) is 2.26. The molecule has 1 aliphatic rings. The summed E-state index contributed by atoms with van der Waals surface area (Å²) in [5.74, 6) is 5.89. The predicted octanol–water partition coefficient (Wildman–Crippen LogP) is 1.40. The van der Waals surface area contributed by atoms with Gasteiger partial charge in [-0.25, -0.2) is 5.84 Å². The van der Waals surface area contributed by atoms with Crippen molar-refractivity contribution in [2.24, 2.45) is 5.84 Å². The highest BCUT2D eigenvalue weighted by Crippen LogP contribution is 2.33. The Morgan fingerprint density at radius 2 is 2.23 bits per heavy atom. The first-order chi connectivity index (χ1) is 6.36. The van der Waals surface area contributed by atoms with Gasteiger partial charge < -0.3 is 9.99 Å². The number of benzene rings is 1. The zero-order chi connectivity index (χ0) is 8.84. The first kappa shape index (κ1) is 6.97. The number of fused-ring (bicyclic) bond motifs is 3. The van der Waals surface area contributed by atoms with E-state index in [0.717, 1.165) is 18.5 Å². The van der Waals surface area contributed by atoms with Crippen molar-refractivity contribution in [1.29, 1.82) is 0 Å². The number of aromatic amines is 1. The van der Waals surface area contributed by atoms with Gasteiger partial charge in [0.25, 0.3) is 0 Å². The topological polar surface area (TPSA) is 45.0 Å². The molecule has 0 unspecified atom stereocenters. The zero-order valence-electron chi connectivity index (χ0n) is 7.25. The van der Waals surface area contributed by atoms with E-state index in [1.165, 1.54) is 16.6 Å². The fourth-order valence-electron chi connectivity index (χ4n) is 2.06. The SMILES string of the molecule is NN1CCc2ccc3[nH]ccc3c21. The third-order valence-electron chi connectivity index (χ3n) is 2.70. The van der Waals surface area contributed by atoms with E-state index in [4.69, 9.17) is 5.84 Å². The minimum Gasteiger partial charge on any atom is -0.361 e. The van der Waals surface area contributed by atoms with Crippen molar-refractivity contribution >= 4 is 16.6 Å².